The van der Waals surface area contributed by atoms with Crippen molar-refractivity contribution in [2.75, 3.05) is 24.7 Å². The average molecular weight is 261 g/mol. The third kappa shape index (κ3) is 3.52. The molecule has 0 fully saturated rings. The second kappa shape index (κ2) is 5.96. The van der Waals surface area contributed by atoms with Crippen molar-refractivity contribution in [1.29, 1.82) is 0 Å². The van der Waals surface area contributed by atoms with Gasteiger partial charge in [-0.3, -0.25) is 0 Å². The number of methoxy groups -OCH3 is 1. The van der Waals surface area contributed by atoms with Gasteiger partial charge in [0, 0.05) is 6.54 Å². The molecule has 1 atom stereocenters. The zero-order valence-corrected chi connectivity index (χ0v) is 10.4. The summed E-state index contributed by atoms with van der Waals surface area (Å²) in [5, 5.41) is 12.9. The minimum Gasteiger partial charge on any atom is -0.467 e. The highest BCUT2D eigenvalue weighted by molar-refractivity contribution is 5.33. The molecule has 0 spiro atoms. The van der Waals surface area contributed by atoms with E-state index in [0.717, 1.165) is 5.56 Å². The van der Waals surface area contributed by atoms with Crippen LogP contribution < -0.4 is 15.8 Å². The summed E-state index contributed by atoms with van der Waals surface area (Å²) in [7, 11) is 1.44. The van der Waals surface area contributed by atoms with E-state index >= 15 is 0 Å². The summed E-state index contributed by atoms with van der Waals surface area (Å²) in [5.41, 5.74) is 6.32. The van der Waals surface area contributed by atoms with Crippen LogP contribution in [0.3, 0.4) is 0 Å². The molecular weight excluding hydrogens is 246 g/mol. The average Bonchev–Trinajstić information content (AvgIpc) is 2.45. The van der Waals surface area contributed by atoms with E-state index in [1.807, 2.05) is 30.3 Å². The van der Waals surface area contributed by atoms with Crippen molar-refractivity contribution in [3.63, 3.8) is 0 Å². The van der Waals surface area contributed by atoms with Gasteiger partial charge < -0.3 is 20.9 Å². The van der Waals surface area contributed by atoms with Gasteiger partial charge in [-0.1, -0.05) is 30.3 Å². The maximum Gasteiger partial charge on any atom is 0.322 e. The predicted octanol–water partition coefficient (Wildman–Crippen LogP) is 0.608. The van der Waals surface area contributed by atoms with Gasteiger partial charge in [-0.05, 0) is 5.56 Å². The molecule has 1 aromatic carbocycles. The van der Waals surface area contributed by atoms with Gasteiger partial charge in [0.05, 0.1) is 13.2 Å². The standard InChI is InChI=1S/C12H15N5O2/c1-19-12-16-10(13)15-11(17-12)14-7-9(18)8-5-3-2-4-6-8/h2-6,9,18H,7H2,1H3,(H3,13,14,15,16,17). The van der Waals surface area contributed by atoms with E-state index < -0.39 is 6.10 Å². The second-order valence-corrected chi connectivity index (χ2v) is 3.81. The smallest absolute Gasteiger partial charge is 0.322 e. The molecule has 4 N–H and O–H groups in total. The summed E-state index contributed by atoms with van der Waals surface area (Å²) in [4.78, 5) is 11.6. The van der Waals surface area contributed by atoms with E-state index in [2.05, 4.69) is 20.3 Å². The number of aliphatic hydroxyl groups excluding tert-OH is 1. The van der Waals surface area contributed by atoms with E-state index in [-0.39, 0.29) is 24.5 Å². The SMILES string of the molecule is COc1nc(N)nc(NCC(O)c2ccccc2)n1. The highest BCUT2D eigenvalue weighted by Crippen LogP contribution is 2.13. The van der Waals surface area contributed by atoms with Crippen LogP contribution in [0.1, 0.15) is 11.7 Å². The van der Waals surface area contributed by atoms with E-state index in [1.54, 1.807) is 0 Å². The molecule has 0 bridgehead atoms. The zero-order valence-electron chi connectivity index (χ0n) is 10.4. The van der Waals surface area contributed by atoms with Gasteiger partial charge in [-0.2, -0.15) is 15.0 Å². The molecule has 0 aliphatic heterocycles. The zero-order chi connectivity index (χ0) is 13.7. The summed E-state index contributed by atoms with van der Waals surface area (Å²) < 4.78 is 4.88. The van der Waals surface area contributed by atoms with Crippen LogP contribution >= 0.6 is 0 Å². The molecule has 7 nitrogen and oxygen atoms in total. The topological polar surface area (TPSA) is 106 Å². The van der Waals surface area contributed by atoms with Crippen LogP contribution in [0, 0.1) is 0 Å². The normalized spacial score (nSPS) is 11.9. The van der Waals surface area contributed by atoms with Crippen molar-refractivity contribution >= 4 is 11.9 Å². The lowest BCUT2D eigenvalue weighted by molar-refractivity contribution is 0.191. The van der Waals surface area contributed by atoms with Crippen molar-refractivity contribution in [3.8, 4) is 6.01 Å². The number of aromatic nitrogens is 3. The van der Waals surface area contributed by atoms with Gasteiger partial charge >= 0.3 is 6.01 Å². The van der Waals surface area contributed by atoms with Gasteiger partial charge in [0.15, 0.2) is 0 Å². The molecule has 0 amide bonds. The number of nitrogens with one attached hydrogen (secondary N) is 1. The van der Waals surface area contributed by atoms with Crippen molar-refractivity contribution in [3.05, 3.63) is 35.9 Å². The number of rotatable bonds is 5. The van der Waals surface area contributed by atoms with Crippen LogP contribution in [0.25, 0.3) is 0 Å². The van der Waals surface area contributed by atoms with E-state index in [4.69, 9.17) is 10.5 Å². The minimum absolute atomic E-state index is 0.0588. The molecule has 1 heterocycles. The van der Waals surface area contributed by atoms with Crippen molar-refractivity contribution in [1.82, 2.24) is 15.0 Å². The molecule has 100 valence electrons. The van der Waals surface area contributed by atoms with Crippen LogP contribution in [0.5, 0.6) is 6.01 Å². The molecule has 0 saturated heterocycles. The van der Waals surface area contributed by atoms with E-state index in [9.17, 15) is 5.11 Å². The first-order chi connectivity index (χ1) is 9.19. The summed E-state index contributed by atoms with van der Waals surface area (Å²) in [5.74, 6) is 0.322. The Morgan fingerprint density at radius 2 is 2.00 bits per heavy atom. The lowest BCUT2D eigenvalue weighted by Crippen LogP contribution is -2.15. The van der Waals surface area contributed by atoms with Crippen LogP contribution in [0.15, 0.2) is 30.3 Å². The Morgan fingerprint density at radius 3 is 2.68 bits per heavy atom. The highest BCUT2D eigenvalue weighted by atomic mass is 16.5. The molecule has 2 aromatic rings. The number of nitrogens with two attached hydrogens (primary N) is 1. The number of benzene rings is 1. The summed E-state index contributed by atoms with van der Waals surface area (Å²) in [6.45, 7) is 0.261. The highest BCUT2D eigenvalue weighted by Gasteiger charge is 2.09. The summed E-state index contributed by atoms with van der Waals surface area (Å²) in [6, 6.07) is 9.43. The fraction of sp³-hybridized carbons (Fsp3) is 0.250. The molecule has 0 aliphatic carbocycles. The monoisotopic (exact) mass is 261 g/mol. The predicted molar refractivity (Wildman–Crippen MR) is 70.7 cm³/mol. The van der Waals surface area contributed by atoms with Crippen LogP contribution in [-0.4, -0.2) is 33.7 Å². The molecule has 2 rings (SSSR count). The quantitative estimate of drug-likeness (QED) is 0.723. The molecular formula is C12H15N5O2. The molecule has 0 aliphatic rings. The number of hydrogen-bond acceptors (Lipinski definition) is 7. The van der Waals surface area contributed by atoms with Gasteiger partial charge in [0.2, 0.25) is 11.9 Å². The number of nitrogens with zero attached hydrogens (tertiary/aromatic N) is 3. The number of aliphatic hydroxyl groups is 1. The molecule has 7 heteroatoms. The largest absolute Gasteiger partial charge is 0.467 e. The molecule has 1 aromatic heterocycles. The van der Waals surface area contributed by atoms with Gasteiger partial charge in [-0.25, -0.2) is 0 Å². The Balaban J connectivity index is 2.01. The van der Waals surface area contributed by atoms with Gasteiger partial charge in [-0.15, -0.1) is 0 Å². The van der Waals surface area contributed by atoms with Crippen LogP contribution in [0.2, 0.25) is 0 Å². The van der Waals surface area contributed by atoms with Crippen molar-refractivity contribution in [2.45, 2.75) is 6.10 Å². The Hall–Kier alpha value is -2.41. The van der Waals surface area contributed by atoms with E-state index in [1.165, 1.54) is 7.11 Å². The first kappa shape index (κ1) is 13.0. The minimum atomic E-state index is -0.662. The fourth-order valence-electron chi connectivity index (χ4n) is 1.52. The van der Waals surface area contributed by atoms with Crippen molar-refractivity contribution in [2.24, 2.45) is 0 Å². The molecule has 0 saturated carbocycles. The Kier molecular flexibility index (Phi) is 4.09. The molecule has 1 unspecified atom stereocenters. The summed E-state index contributed by atoms with van der Waals surface area (Å²) in [6.07, 6.45) is -0.662. The lowest BCUT2D eigenvalue weighted by atomic mass is 10.1. The summed E-state index contributed by atoms with van der Waals surface area (Å²) >= 11 is 0. The van der Waals surface area contributed by atoms with Crippen molar-refractivity contribution < 1.29 is 9.84 Å². The van der Waals surface area contributed by atoms with Crippen LogP contribution in [0.4, 0.5) is 11.9 Å². The maximum atomic E-state index is 9.98. The Bertz CT molecular complexity index is 535. The number of hydrogen-bond donors (Lipinski definition) is 3. The maximum absolute atomic E-state index is 9.98. The number of anilines is 2. The lowest BCUT2D eigenvalue weighted by Gasteiger charge is -2.12. The third-order valence-corrected chi connectivity index (χ3v) is 2.45. The van der Waals surface area contributed by atoms with E-state index in [0.29, 0.717) is 0 Å². The molecule has 19 heavy (non-hydrogen) atoms. The third-order valence-electron chi connectivity index (χ3n) is 2.45. The second-order valence-electron chi connectivity index (χ2n) is 3.81. The first-order valence-electron chi connectivity index (χ1n) is 5.71. The first-order valence-corrected chi connectivity index (χ1v) is 5.71. The van der Waals surface area contributed by atoms with Crippen LogP contribution in [-0.2, 0) is 0 Å². The number of nitrogen functional groups attached to an aromatic ring is 1. The van der Waals surface area contributed by atoms with Gasteiger partial charge in [0.1, 0.15) is 0 Å². The Labute approximate surface area is 110 Å². The molecule has 0 radical (unpaired) electrons. The van der Waals surface area contributed by atoms with Gasteiger partial charge in [0.25, 0.3) is 0 Å². The number of ether oxygens (including phenoxy) is 1. The fourth-order valence-corrected chi connectivity index (χ4v) is 1.52. The Morgan fingerprint density at radius 1 is 1.26 bits per heavy atom.